The topological polar surface area (TPSA) is 26.3 Å². The van der Waals surface area contributed by atoms with Crippen LogP contribution in [0, 0.1) is 51.2 Å². The lowest BCUT2D eigenvalue weighted by molar-refractivity contribution is -0.183. The smallest absolute Gasteiger partial charge is 0.138 e. The van der Waals surface area contributed by atoms with Crippen molar-refractivity contribution >= 4 is 5.78 Å². The molecule has 0 spiro atoms. The Morgan fingerprint density at radius 1 is 0.970 bits per heavy atom. The largest absolute Gasteiger partial charge is 0.375 e. The zero-order valence-corrected chi connectivity index (χ0v) is 23.2. The first kappa shape index (κ1) is 25.5. The number of methoxy groups -OCH3 is 1. The van der Waals surface area contributed by atoms with Crippen molar-refractivity contribution in [1.82, 2.24) is 0 Å². The Balaban J connectivity index is 1.56. The first-order chi connectivity index (χ1) is 15.2. The first-order valence-electron chi connectivity index (χ1n) is 14.0. The van der Waals surface area contributed by atoms with Gasteiger partial charge in [-0.3, -0.25) is 4.79 Å². The fourth-order valence-corrected chi connectivity index (χ4v) is 10.1. The van der Waals surface area contributed by atoms with Gasteiger partial charge in [0.1, 0.15) is 5.78 Å². The van der Waals surface area contributed by atoms with E-state index in [0.717, 1.165) is 42.9 Å². The van der Waals surface area contributed by atoms with E-state index in [1.807, 2.05) is 0 Å². The van der Waals surface area contributed by atoms with Crippen molar-refractivity contribution in [1.29, 1.82) is 0 Å². The summed E-state index contributed by atoms with van der Waals surface area (Å²) in [4.78, 5) is 12.8. The summed E-state index contributed by atoms with van der Waals surface area (Å²) in [6.45, 7) is 19.3. The Bertz CT molecular complexity index is 793. The second-order valence-electron chi connectivity index (χ2n) is 14.4. The molecular formula is C31H52O2. The summed E-state index contributed by atoms with van der Waals surface area (Å²) < 4.78 is 5.59. The van der Waals surface area contributed by atoms with E-state index in [0.29, 0.717) is 27.9 Å². The van der Waals surface area contributed by atoms with Crippen LogP contribution < -0.4 is 0 Å². The highest BCUT2D eigenvalue weighted by Crippen LogP contribution is 2.74. The molecule has 4 fully saturated rings. The molecule has 0 heterocycles. The molecule has 4 aliphatic carbocycles. The van der Waals surface area contributed by atoms with Crippen molar-refractivity contribution in [2.24, 2.45) is 51.2 Å². The third-order valence-electron chi connectivity index (χ3n) is 12.5. The van der Waals surface area contributed by atoms with Crippen molar-refractivity contribution in [2.75, 3.05) is 7.11 Å². The fourth-order valence-electron chi connectivity index (χ4n) is 10.1. The number of hydrogen-bond acceptors (Lipinski definition) is 2. The van der Waals surface area contributed by atoms with Gasteiger partial charge in [-0.2, -0.15) is 0 Å². The molecule has 0 aromatic heterocycles. The standard InChI is InChI=1S/C31H52O2/c1-21(11-10-17-27(2,3)33-9)22-14-19-31(8)24-12-13-25-28(4,5)26(32)16-18-29(25,6)23(24)15-20-30(22,31)7/h10,17,21-25H,11-16,18-20H2,1-9H3/b17-10+/t21-,22-,23-,24+,25?,29+,30-,31+/m0/s1. The van der Waals surface area contributed by atoms with Gasteiger partial charge in [-0.1, -0.05) is 53.7 Å². The van der Waals surface area contributed by atoms with Crippen molar-refractivity contribution in [3.8, 4) is 0 Å². The van der Waals surface area contributed by atoms with Gasteiger partial charge in [-0.15, -0.1) is 0 Å². The minimum absolute atomic E-state index is 0.130. The van der Waals surface area contributed by atoms with Crippen LogP contribution in [0.25, 0.3) is 0 Å². The van der Waals surface area contributed by atoms with Crippen LogP contribution in [-0.2, 0) is 9.53 Å². The Morgan fingerprint density at radius 3 is 2.30 bits per heavy atom. The molecule has 4 rings (SSSR count). The predicted molar refractivity (Wildman–Crippen MR) is 138 cm³/mol. The van der Waals surface area contributed by atoms with Gasteiger partial charge in [-0.25, -0.2) is 0 Å². The molecule has 0 N–H and O–H groups in total. The van der Waals surface area contributed by atoms with Gasteiger partial charge in [0.25, 0.3) is 0 Å². The van der Waals surface area contributed by atoms with Gasteiger partial charge >= 0.3 is 0 Å². The van der Waals surface area contributed by atoms with E-state index in [2.05, 4.69) is 67.5 Å². The van der Waals surface area contributed by atoms with Crippen LogP contribution in [0.5, 0.6) is 0 Å². The fraction of sp³-hybridized carbons (Fsp3) is 0.903. The van der Waals surface area contributed by atoms with E-state index in [4.69, 9.17) is 4.74 Å². The number of carbonyl (C=O) groups is 1. The Hall–Kier alpha value is -0.630. The average molecular weight is 457 g/mol. The predicted octanol–water partition coefficient (Wildman–Crippen LogP) is 8.25. The summed E-state index contributed by atoms with van der Waals surface area (Å²) in [5.41, 5.74) is 0.942. The highest BCUT2D eigenvalue weighted by atomic mass is 16.5. The normalized spacial score (nSPS) is 46.0. The summed E-state index contributed by atoms with van der Waals surface area (Å²) in [6.07, 6.45) is 15.9. The third-order valence-corrected chi connectivity index (χ3v) is 12.5. The van der Waals surface area contributed by atoms with Crippen molar-refractivity contribution in [2.45, 2.75) is 119 Å². The molecule has 0 amide bonds. The summed E-state index contributed by atoms with van der Waals surface area (Å²) in [5.74, 6) is 4.27. The lowest BCUT2D eigenvalue weighted by atomic mass is 9.38. The molecule has 0 aromatic carbocycles. The summed E-state index contributed by atoms with van der Waals surface area (Å²) in [5, 5.41) is 0. The molecule has 0 aromatic rings. The highest BCUT2D eigenvalue weighted by Gasteiger charge is 2.67. The number of allylic oxidation sites excluding steroid dienone is 1. The van der Waals surface area contributed by atoms with Gasteiger partial charge < -0.3 is 4.74 Å². The lowest BCUT2D eigenvalue weighted by Gasteiger charge is -2.66. The molecule has 0 bridgehead atoms. The second kappa shape index (κ2) is 8.21. The maximum absolute atomic E-state index is 12.8. The number of ether oxygens (including phenoxy) is 1. The Labute approximate surface area is 204 Å². The molecule has 188 valence electrons. The zero-order chi connectivity index (χ0) is 24.4. The van der Waals surface area contributed by atoms with E-state index in [1.165, 1.54) is 38.5 Å². The van der Waals surface area contributed by atoms with Crippen LogP contribution in [0.4, 0.5) is 0 Å². The number of carbonyl (C=O) groups excluding carboxylic acids is 1. The SMILES string of the molecule is COC(C)(C)/C=C/C[C@H](C)[C@@H]1CC[C@]2(C)[C@@H]3CCC4C(C)(C)C(=O)CC[C@]4(C)[C@H]3CC[C@@]12C. The average Bonchev–Trinajstić information content (AvgIpc) is 3.02. The van der Waals surface area contributed by atoms with E-state index in [9.17, 15) is 4.79 Å². The molecule has 1 unspecified atom stereocenters. The monoisotopic (exact) mass is 456 g/mol. The highest BCUT2D eigenvalue weighted by molar-refractivity contribution is 5.85. The molecule has 4 aliphatic rings. The van der Waals surface area contributed by atoms with Crippen molar-refractivity contribution < 1.29 is 9.53 Å². The number of rotatable bonds is 5. The number of fused-ring (bicyclic) bond motifs is 5. The molecule has 4 saturated carbocycles. The number of hydrogen-bond donors (Lipinski definition) is 0. The van der Waals surface area contributed by atoms with Crippen LogP contribution in [-0.4, -0.2) is 18.5 Å². The number of Topliss-reactive ketones (excluding diaryl/α,β-unsaturated/α-hetero) is 1. The van der Waals surface area contributed by atoms with Crippen molar-refractivity contribution in [3.05, 3.63) is 12.2 Å². The maximum Gasteiger partial charge on any atom is 0.138 e. The summed E-state index contributed by atoms with van der Waals surface area (Å²) in [6, 6.07) is 0. The van der Waals surface area contributed by atoms with Gasteiger partial charge in [0, 0.05) is 18.9 Å². The zero-order valence-electron chi connectivity index (χ0n) is 23.2. The minimum Gasteiger partial charge on any atom is -0.375 e. The van der Waals surface area contributed by atoms with Gasteiger partial charge in [0.15, 0.2) is 0 Å². The van der Waals surface area contributed by atoms with Gasteiger partial charge in [0.2, 0.25) is 0 Å². The van der Waals surface area contributed by atoms with E-state index in [1.54, 1.807) is 7.11 Å². The summed E-state index contributed by atoms with van der Waals surface area (Å²) >= 11 is 0. The minimum atomic E-state index is -0.172. The molecule has 2 heteroatoms. The lowest BCUT2D eigenvalue weighted by Crippen LogP contribution is -2.61. The summed E-state index contributed by atoms with van der Waals surface area (Å²) in [7, 11) is 1.80. The molecule has 0 radical (unpaired) electrons. The Morgan fingerprint density at radius 2 is 1.64 bits per heavy atom. The first-order valence-corrected chi connectivity index (χ1v) is 14.0. The molecule has 8 atom stereocenters. The maximum atomic E-state index is 12.8. The van der Waals surface area contributed by atoms with Crippen LogP contribution in [0.1, 0.15) is 113 Å². The second-order valence-corrected chi connectivity index (χ2v) is 14.4. The Kier molecular flexibility index (Phi) is 6.33. The van der Waals surface area contributed by atoms with Crippen molar-refractivity contribution in [3.63, 3.8) is 0 Å². The molecule has 2 nitrogen and oxygen atoms in total. The van der Waals surface area contributed by atoms with Gasteiger partial charge in [0.05, 0.1) is 5.60 Å². The van der Waals surface area contributed by atoms with E-state index in [-0.39, 0.29) is 11.0 Å². The molecule has 33 heavy (non-hydrogen) atoms. The molecule has 0 saturated heterocycles. The van der Waals surface area contributed by atoms with Crippen LogP contribution in [0.3, 0.4) is 0 Å². The molecule has 0 aliphatic heterocycles. The van der Waals surface area contributed by atoms with Crippen LogP contribution >= 0.6 is 0 Å². The quantitative estimate of drug-likeness (QED) is 0.389. The molecular weight excluding hydrogens is 404 g/mol. The number of ketones is 1. The van der Waals surface area contributed by atoms with E-state index < -0.39 is 0 Å². The van der Waals surface area contributed by atoms with Crippen LogP contribution in [0.2, 0.25) is 0 Å². The van der Waals surface area contributed by atoms with Gasteiger partial charge in [-0.05, 0) is 111 Å². The third kappa shape index (κ3) is 3.71. The van der Waals surface area contributed by atoms with E-state index >= 15 is 0 Å². The van der Waals surface area contributed by atoms with Crippen LogP contribution in [0.15, 0.2) is 12.2 Å².